The molecule has 4 heteroatoms. The molecule has 1 aromatic heterocycles. The summed E-state index contributed by atoms with van der Waals surface area (Å²) in [6.45, 7) is 5.86. The summed E-state index contributed by atoms with van der Waals surface area (Å²) < 4.78 is 1.79. The average molecular weight is 263 g/mol. The van der Waals surface area contributed by atoms with Crippen molar-refractivity contribution in [3.05, 3.63) is 18.0 Å². The molecular weight excluding hydrogens is 238 g/mol. The number of rotatable bonds is 5. The molecule has 0 saturated heterocycles. The second kappa shape index (κ2) is 6.22. The van der Waals surface area contributed by atoms with Crippen LogP contribution in [-0.2, 0) is 18.4 Å². The Labute approximate surface area is 115 Å². The molecule has 0 aromatic carbocycles. The molecule has 2 rings (SSSR count). The van der Waals surface area contributed by atoms with Crippen LogP contribution in [-0.4, -0.2) is 27.1 Å². The third kappa shape index (κ3) is 3.82. The summed E-state index contributed by atoms with van der Waals surface area (Å²) in [4.78, 5) is 14.6. The van der Waals surface area contributed by atoms with E-state index in [1.165, 1.54) is 12.8 Å². The summed E-state index contributed by atoms with van der Waals surface area (Å²) >= 11 is 0. The first-order chi connectivity index (χ1) is 9.06. The first-order valence-electron chi connectivity index (χ1n) is 7.32. The van der Waals surface area contributed by atoms with Gasteiger partial charge in [0.1, 0.15) is 0 Å². The smallest absolute Gasteiger partial charge is 0.225 e. The predicted molar refractivity (Wildman–Crippen MR) is 75.4 cm³/mol. The monoisotopic (exact) mass is 263 g/mol. The van der Waals surface area contributed by atoms with Crippen molar-refractivity contribution >= 4 is 5.91 Å². The molecule has 0 aliphatic heterocycles. The highest BCUT2D eigenvalue weighted by molar-refractivity contribution is 5.79. The van der Waals surface area contributed by atoms with Gasteiger partial charge in [-0.15, -0.1) is 0 Å². The van der Waals surface area contributed by atoms with Crippen molar-refractivity contribution in [2.24, 2.45) is 18.9 Å². The number of amides is 1. The summed E-state index contributed by atoms with van der Waals surface area (Å²) in [6.07, 6.45) is 8.41. The predicted octanol–water partition coefficient (Wildman–Crippen LogP) is 2.59. The lowest BCUT2D eigenvalue weighted by molar-refractivity contribution is -0.136. The molecule has 0 bridgehead atoms. The van der Waals surface area contributed by atoms with Gasteiger partial charge in [0.25, 0.3) is 0 Å². The molecule has 1 heterocycles. The van der Waals surface area contributed by atoms with Crippen LogP contribution in [0.15, 0.2) is 12.4 Å². The zero-order valence-electron chi connectivity index (χ0n) is 12.3. The molecule has 106 valence electrons. The van der Waals surface area contributed by atoms with Gasteiger partial charge >= 0.3 is 0 Å². The lowest BCUT2D eigenvalue weighted by atomic mass is 10.1. The van der Waals surface area contributed by atoms with Crippen molar-refractivity contribution in [2.75, 3.05) is 6.54 Å². The minimum atomic E-state index is 0.260. The Bertz CT molecular complexity index is 419. The minimum Gasteiger partial charge on any atom is -0.338 e. The maximum absolute atomic E-state index is 12.6. The van der Waals surface area contributed by atoms with E-state index in [4.69, 9.17) is 0 Å². The summed E-state index contributed by atoms with van der Waals surface area (Å²) in [5.74, 6) is 1.10. The van der Waals surface area contributed by atoms with E-state index in [9.17, 15) is 4.79 Å². The highest BCUT2D eigenvalue weighted by Gasteiger charge is 2.27. The number of hydrogen-bond acceptors (Lipinski definition) is 2. The molecule has 0 unspecified atom stereocenters. The van der Waals surface area contributed by atoms with Gasteiger partial charge < -0.3 is 4.90 Å². The molecule has 0 radical (unpaired) electrons. The number of carbonyl (C=O) groups excluding carboxylic acids is 1. The van der Waals surface area contributed by atoms with Crippen LogP contribution >= 0.6 is 0 Å². The van der Waals surface area contributed by atoms with Crippen molar-refractivity contribution in [2.45, 2.75) is 46.1 Å². The summed E-state index contributed by atoms with van der Waals surface area (Å²) in [5, 5.41) is 4.18. The van der Waals surface area contributed by atoms with E-state index < -0.39 is 0 Å². The van der Waals surface area contributed by atoms with Gasteiger partial charge in [0, 0.05) is 37.8 Å². The van der Waals surface area contributed by atoms with Crippen molar-refractivity contribution in [1.29, 1.82) is 0 Å². The van der Waals surface area contributed by atoms with Gasteiger partial charge in [-0.2, -0.15) is 5.10 Å². The van der Waals surface area contributed by atoms with Crippen LogP contribution in [0.3, 0.4) is 0 Å². The lowest BCUT2D eigenvalue weighted by Crippen LogP contribution is -2.37. The number of aromatic nitrogens is 2. The van der Waals surface area contributed by atoms with Gasteiger partial charge in [0.05, 0.1) is 6.20 Å². The third-order valence-corrected chi connectivity index (χ3v) is 3.73. The molecule has 1 amide bonds. The van der Waals surface area contributed by atoms with Crippen LogP contribution < -0.4 is 0 Å². The molecule has 0 N–H and O–H groups in total. The highest BCUT2D eigenvalue weighted by atomic mass is 16.2. The van der Waals surface area contributed by atoms with E-state index in [-0.39, 0.29) is 5.92 Å². The molecular formula is C15H25N3O. The number of hydrogen-bond donors (Lipinski definition) is 0. The van der Waals surface area contributed by atoms with Crippen LogP contribution in [0.4, 0.5) is 0 Å². The fourth-order valence-corrected chi connectivity index (χ4v) is 2.88. The number of carbonyl (C=O) groups is 1. The highest BCUT2D eigenvalue weighted by Crippen LogP contribution is 2.27. The van der Waals surface area contributed by atoms with Gasteiger partial charge in [-0.3, -0.25) is 9.48 Å². The van der Waals surface area contributed by atoms with E-state index >= 15 is 0 Å². The number of nitrogens with zero attached hydrogens (tertiary/aromatic N) is 3. The first kappa shape index (κ1) is 14.1. The normalized spacial score (nSPS) is 16.2. The van der Waals surface area contributed by atoms with Crippen molar-refractivity contribution in [3.63, 3.8) is 0 Å². The fraction of sp³-hybridized carbons (Fsp3) is 0.733. The Morgan fingerprint density at radius 2 is 2.16 bits per heavy atom. The summed E-state index contributed by atoms with van der Waals surface area (Å²) in [7, 11) is 1.91. The second-order valence-electron chi connectivity index (χ2n) is 6.12. The second-order valence-corrected chi connectivity index (χ2v) is 6.12. The molecule has 19 heavy (non-hydrogen) atoms. The zero-order chi connectivity index (χ0) is 13.8. The van der Waals surface area contributed by atoms with E-state index in [1.54, 1.807) is 4.68 Å². The Hall–Kier alpha value is -1.32. The Morgan fingerprint density at radius 3 is 2.68 bits per heavy atom. The van der Waals surface area contributed by atoms with Crippen molar-refractivity contribution < 1.29 is 4.79 Å². The Morgan fingerprint density at radius 1 is 1.47 bits per heavy atom. The van der Waals surface area contributed by atoms with Gasteiger partial charge in [-0.1, -0.05) is 26.7 Å². The molecule has 0 atom stereocenters. The van der Waals surface area contributed by atoms with E-state index in [0.717, 1.165) is 24.9 Å². The molecule has 1 aliphatic carbocycles. The number of aryl methyl sites for hydroxylation is 1. The lowest BCUT2D eigenvalue weighted by Gasteiger charge is -2.27. The zero-order valence-corrected chi connectivity index (χ0v) is 12.3. The average Bonchev–Trinajstić information content (AvgIpc) is 2.98. The van der Waals surface area contributed by atoms with Crippen LogP contribution in [0.25, 0.3) is 0 Å². The SMILES string of the molecule is CC(C)CN(Cc1cnn(C)c1)C(=O)C1CCCC1. The van der Waals surface area contributed by atoms with Gasteiger partial charge in [0.2, 0.25) is 5.91 Å². The summed E-state index contributed by atoms with van der Waals surface area (Å²) in [6, 6.07) is 0. The standard InChI is InChI=1S/C15H25N3O/c1-12(2)9-18(11-13-8-16-17(3)10-13)15(19)14-6-4-5-7-14/h8,10,12,14H,4-7,9,11H2,1-3H3. The molecule has 4 nitrogen and oxygen atoms in total. The molecule has 1 aromatic rings. The van der Waals surface area contributed by atoms with Gasteiger partial charge in [-0.25, -0.2) is 0 Å². The van der Waals surface area contributed by atoms with E-state index in [0.29, 0.717) is 18.4 Å². The van der Waals surface area contributed by atoms with Crippen LogP contribution in [0.1, 0.15) is 45.1 Å². The van der Waals surface area contributed by atoms with E-state index in [2.05, 4.69) is 18.9 Å². The van der Waals surface area contributed by atoms with Crippen LogP contribution in [0.2, 0.25) is 0 Å². The Kier molecular flexibility index (Phi) is 4.61. The summed E-state index contributed by atoms with van der Waals surface area (Å²) in [5.41, 5.74) is 1.12. The van der Waals surface area contributed by atoms with Crippen LogP contribution in [0.5, 0.6) is 0 Å². The maximum Gasteiger partial charge on any atom is 0.225 e. The Balaban J connectivity index is 2.04. The first-order valence-corrected chi connectivity index (χ1v) is 7.32. The molecule has 1 aliphatic rings. The van der Waals surface area contributed by atoms with Gasteiger partial charge in [-0.05, 0) is 18.8 Å². The molecule has 0 spiro atoms. The fourth-order valence-electron chi connectivity index (χ4n) is 2.88. The maximum atomic E-state index is 12.6. The van der Waals surface area contributed by atoms with Crippen molar-refractivity contribution in [3.8, 4) is 0 Å². The van der Waals surface area contributed by atoms with Gasteiger partial charge in [0.15, 0.2) is 0 Å². The quantitative estimate of drug-likeness (QED) is 0.819. The van der Waals surface area contributed by atoms with Crippen molar-refractivity contribution in [1.82, 2.24) is 14.7 Å². The molecule has 1 saturated carbocycles. The largest absolute Gasteiger partial charge is 0.338 e. The van der Waals surface area contributed by atoms with Crippen LogP contribution in [0, 0.1) is 11.8 Å². The van der Waals surface area contributed by atoms with E-state index in [1.807, 2.05) is 24.3 Å². The topological polar surface area (TPSA) is 38.1 Å². The minimum absolute atomic E-state index is 0.260. The molecule has 1 fully saturated rings. The third-order valence-electron chi connectivity index (χ3n) is 3.73.